The third kappa shape index (κ3) is 1.77. The Labute approximate surface area is 157 Å². The average molecular weight is 388 g/mol. The van der Waals surface area contributed by atoms with E-state index in [-0.39, 0.29) is 11.3 Å². The maximum absolute atomic E-state index is 12.9. The largest absolute Gasteiger partial charge is 0.493 e. The summed E-state index contributed by atoms with van der Waals surface area (Å²) in [6.45, 7) is 0. The van der Waals surface area contributed by atoms with Crippen LogP contribution in [0.25, 0.3) is 11.0 Å². The van der Waals surface area contributed by atoms with Gasteiger partial charge in [-0.05, 0) is 12.1 Å². The van der Waals surface area contributed by atoms with Crippen molar-refractivity contribution in [3.8, 4) is 17.2 Å². The van der Waals surface area contributed by atoms with Crippen LogP contribution in [0.1, 0.15) is 5.56 Å². The van der Waals surface area contributed by atoms with Crippen LogP contribution in [-0.2, 0) is 21.4 Å². The first-order valence-corrected chi connectivity index (χ1v) is 8.26. The SMILES string of the molecule is COc1cc(C23Nc4cc5[nH]cnc5c(=O)n4C2(O)OO3)cc(OC)c1OC. The highest BCUT2D eigenvalue weighted by atomic mass is 17.3. The molecule has 0 amide bonds. The molecule has 0 radical (unpaired) electrons. The second-order valence-corrected chi connectivity index (χ2v) is 6.33. The van der Waals surface area contributed by atoms with Crippen molar-refractivity contribution in [1.29, 1.82) is 0 Å². The predicted octanol–water partition coefficient (Wildman–Crippen LogP) is 0.593. The molecule has 2 unspecified atom stereocenters. The van der Waals surface area contributed by atoms with Crippen LogP contribution in [-0.4, -0.2) is 41.0 Å². The highest BCUT2D eigenvalue weighted by molar-refractivity contribution is 5.78. The smallest absolute Gasteiger partial charge is 0.343 e. The number of aromatic nitrogens is 3. The van der Waals surface area contributed by atoms with Crippen LogP contribution < -0.4 is 25.1 Å². The minimum atomic E-state index is -2.14. The second-order valence-electron chi connectivity index (χ2n) is 6.33. The molecule has 2 atom stereocenters. The van der Waals surface area contributed by atoms with Gasteiger partial charge in [-0.1, -0.05) is 0 Å². The van der Waals surface area contributed by atoms with E-state index in [0.29, 0.717) is 28.3 Å². The first-order chi connectivity index (χ1) is 13.5. The molecule has 0 bridgehead atoms. The van der Waals surface area contributed by atoms with E-state index in [2.05, 4.69) is 15.3 Å². The molecule has 0 aliphatic carbocycles. The van der Waals surface area contributed by atoms with Crippen LogP contribution in [0.4, 0.5) is 5.82 Å². The molecule has 1 fully saturated rings. The number of benzene rings is 1. The molecule has 0 spiro atoms. The molecule has 2 aromatic heterocycles. The number of aromatic amines is 1. The number of fused-ring (bicyclic) bond motifs is 4. The number of ether oxygens (including phenoxy) is 3. The molecule has 3 N–H and O–H groups in total. The highest BCUT2D eigenvalue weighted by Gasteiger charge is 2.72. The van der Waals surface area contributed by atoms with Crippen molar-refractivity contribution in [3.05, 3.63) is 40.4 Å². The Hall–Kier alpha value is -3.28. The van der Waals surface area contributed by atoms with Gasteiger partial charge >= 0.3 is 5.91 Å². The quantitative estimate of drug-likeness (QED) is 0.550. The van der Waals surface area contributed by atoms with Gasteiger partial charge in [-0.3, -0.25) is 4.79 Å². The van der Waals surface area contributed by atoms with Crippen molar-refractivity contribution in [2.75, 3.05) is 26.6 Å². The van der Waals surface area contributed by atoms with Gasteiger partial charge in [-0.2, -0.15) is 9.78 Å². The molecular weight excluding hydrogens is 372 g/mol. The van der Waals surface area contributed by atoms with Crippen LogP contribution in [0, 0.1) is 0 Å². The van der Waals surface area contributed by atoms with Crippen LogP contribution >= 0.6 is 0 Å². The summed E-state index contributed by atoms with van der Waals surface area (Å²) >= 11 is 0. The lowest BCUT2D eigenvalue weighted by atomic mass is 9.97. The van der Waals surface area contributed by atoms with Crippen LogP contribution in [0.2, 0.25) is 0 Å². The zero-order valence-corrected chi connectivity index (χ0v) is 15.1. The van der Waals surface area contributed by atoms with Crippen molar-refractivity contribution in [1.82, 2.24) is 14.5 Å². The summed E-state index contributed by atoms with van der Waals surface area (Å²) in [6.07, 6.45) is 1.40. The summed E-state index contributed by atoms with van der Waals surface area (Å²) in [4.78, 5) is 30.1. The summed E-state index contributed by atoms with van der Waals surface area (Å²) in [5.41, 5.74) is -1.08. The minimum Gasteiger partial charge on any atom is -0.493 e. The Morgan fingerprint density at radius 1 is 1.11 bits per heavy atom. The molecular formula is C17H16N4O7. The number of methoxy groups -OCH3 is 3. The fraction of sp³-hybridized carbons (Fsp3) is 0.294. The summed E-state index contributed by atoms with van der Waals surface area (Å²) < 4.78 is 17.1. The molecule has 5 rings (SSSR count). The van der Waals surface area contributed by atoms with E-state index in [1.807, 2.05) is 0 Å². The lowest BCUT2D eigenvalue weighted by Crippen LogP contribution is -2.66. The van der Waals surface area contributed by atoms with E-state index in [1.54, 1.807) is 18.2 Å². The predicted molar refractivity (Wildman–Crippen MR) is 94.1 cm³/mol. The standard InChI is InChI=1S/C17H16N4O7/c1-24-10-4-8(5-11(25-2)14(10)26-3)16-17(23,28-27-16)21-12(20-16)6-9-13(15(21)22)19-7-18-9/h4-7,20,23H,1-3H3,(H,18,19). The van der Waals surface area contributed by atoms with Gasteiger partial charge in [-0.25, -0.2) is 9.55 Å². The van der Waals surface area contributed by atoms with Crippen LogP contribution in [0.15, 0.2) is 29.3 Å². The zero-order valence-electron chi connectivity index (χ0n) is 15.1. The monoisotopic (exact) mass is 388 g/mol. The average Bonchev–Trinajstić information content (AvgIpc) is 3.23. The molecule has 11 nitrogen and oxygen atoms in total. The molecule has 1 saturated heterocycles. The van der Waals surface area contributed by atoms with E-state index in [9.17, 15) is 9.90 Å². The van der Waals surface area contributed by atoms with Crippen molar-refractivity contribution in [2.45, 2.75) is 11.6 Å². The van der Waals surface area contributed by atoms with Gasteiger partial charge in [0.15, 0.2) is 17.0 Å². The van der Waals surface area contributed by atoms with E-state index < -0.39 is 17.2 Å². The van der Waals surface area contributed by atoms with Gasteiger partial charge < -0.3 is 29.6 Å². The van der Waals surface area contributed by atoms with E-state index >= 15 is 0 Å². The number of hydrogen-bond donors (Lipinski definition) is 3. The number of imidazole rings is 1. The number of pyridine rings is 1. The number of aliphatic hydroxyl groups is 1. The van der Waals surface area contributed by atoms with Gasteiger partial charge in [0.05, 0.1) is 33.2 Å². The molecule has 4 heterocycles. The number of H-pyrrole nitrogens is 1. The summed E-state index contributed by atoms with van der Waals surface area (Å²) in [6, 6.07) is 4.83. The second kappa shape index (κ2) is 5.38. The molecule has 3 aromatic rings. The fourth-order valence-electron chi connectivity index (χ4n) is 3.66. The number of nitrogens with one attached hydrogen (secondary N) is 2. The Morgan fingerprint density at radius 3 is 2.39 bits per heavy atom. The Balaban J connectivity index is 1.74. The number of anilines is 1. The molecule has 1 aromatic carbocycles. The van der Waals surface area contributed by atoms with E-state index in [4.69, 9.17) is 24.0 Å². The van der Waals surface area contributed by atoms with E-state index in [1.165, 1.54) is 27.7 Å². The summed E-state index contributed by atoms with van der Waals surface area (Å²) in [7, 11) is 4.42. The Bertz CT molecular complexity index is 1150. The van der Waals surface area contributed by atoms with Gasteiger partial charge in [0.1, 0.15) is 5.82 Å². The summed E-state index contributed by atoms with van der Waals surface area (Å²) in [5, 5.41) is 14.3. The third-order valence-corrected chi connectivity index (χ3v) is 5.02. The number of hydrogen-bond acceptors (Lipinski definition) is 9. The van der Waals surface area contributed by atoms with Crippen molar-refractivity contribution in [3.63, 3.8) is 0 Å². The normalized spacial score (nSPS) is 24.9. The summed E-state index contributed by atoms with van der Waals surface area (Å²) in [5.74, 6) is -0.780. The molecule has 28 heavy (non-hydrogen) atoms. The minimum absolute atomic E-state index is 0.162. The molecule has 0 saturated carbocycles. The van der Waals surface area contributed by atoms with Gasteiger partial charge in [0.2, 0.25) is 5.75 Å². The first kappa shape index (κ1) is 16.9. The van der Waals surface area contributed by atoms with Crippen molar-refractivity contribution in [2.24, 2.45) is 0 Å². The van der Waals surface area contributed by atoms with Crippen molar-refractivity contribution >= 4 is 16.9 Å². The van der Waals surface area contributed by atoms with Crippen LogP contribution in [0.3, 0.4) is 0 Å². The lowest BCUT2D eigenvalue weighted by Gasteiger charge is -2.47. The topological polar surface area (TPSA) is 129 Å². The maximum atomic E-state index is 12.9. The zero-order chi connectivity index (χ0) is 19.7. The van der Waals surface area contributed by atoms with Crippen LogP contribution in [0.5, 0.6) is 17.2 Å². The maximum Gasteiger partial charge on any atom is 0.343 e. The fourth-order valence-corrected chi connectivity index (χ4v) is 3.66. The lowest BCUT2D eigenvalue weighted by molar-refractivity contribution is -0.634. The van der Waals surface area contributed by atoms with Gasteiger partial charge in [0.25, 0.3) is 11.3 Å². The highest BCUT2D eigenvalue weighted by Crippen LogP contribution is 2.57. The number of nitrogens with zero attached hydrogens (tertiary/aromatic N) is 2. The first-order valence-electron chi connectivity index (χ1n) is 8.26. The third-order valence-electron chi connectivity index (χ3n) is 5.02. The van der Waals surface area contributed by atoms with Gasteiger partial charge in [-0.15, -0.1) is 0 Å². The Morgan fingerprint density at radius 2 is 1.82 bits per heavy atom. The van der Waals surface area contributed by atoms with Crippen molar-refractivity contribution < 1.29 is 29.1 Å². The Kier molecular flexibility index (Phi) is 3.24. The molecule has 2 aliphatic rings. The molecule has 11 heteroatoms. The number of rotatable bonds is 4. The van der Waals surface area contributed by atoms with E-state index in [0.717, 1.165) is 4.57 Å². The molecule has 146 valence electrons. The molecule has 2 aliphatic heterocycles. The van der Waals surface area contributed by atoms with Gasteiger partial charge in [0, 0.05) is 11.6 Å².